The maximum atomic E-state index is 2.79. The summed E-state index contributed by atoms with van der Waals surface area (Å²) < 4.78 is 15.9. The number of hydrogen-bond donors (Lipinski definition) is 0. The molecular formula is C125H148N6+6. The zero-order valence-electron chi connectivity index (χ0n) is 84.9. The zero-order valence-corrected chi connectivity index (χ0v) is 84.9. The molecular weight excluding hydrogens is 1590 g/mol. The molecule has 131 heavy (non-hydrogen) atoms. The van der Waals surface area contributed by atoms with Crippen LogP contribution in [-0.2, 0) is 42.7 Å². The van der Waals surface area contributed by atoms with Gasteiger partial charge >= 0.3 is 17.0 Å². The third-order valence-electron chi connectivity index (χ3n) is 26.4. The summed E-state index contributed by atoms with van der Waals surface area (Å²) in [7, 11) is 0. The van der Waals surface area contributed by atoms with Crippen LogP contribution in [0.25, 0.3) is 66.4 Å². The van der Waals surface area contributed by atoms with Gasteiger partial charge in [0.15, 0.2) is 18.6 Å². The standard InChI is InChI=1S/C36H22N2.C33H20N2.C26H16N2.15C2H6/c1-5-14-28-20(8-1)19-30-27-13-7-9-21-18-22-16-17-25-23-10-2-3-11-24(23)31-26-12-4-6-15-29(26)38-35(31)32(25)34(22)36(38,33(21)27)37(28)30;1-2-10-22-21(9-1)23-16-15-20-18-19-8-7-12-25-26-13-5-6-17-34(26)33(30(19)25)31(20)29(23)32-28(22)24-11-3-4-14-27(24)35(32)33;1-2-13-27-21(8-1)20-7-3-5-18-15-19-12-10-16-9-11-17-6-4-14-28-25(17)22(16)24(19)26(27,28)23(18)20;15*1-2/h1-17,31H,18-19H2;1-17,28H,18H2;1-14H,15H2;15*1-2H3/q3*+2;;;;;;;;;;;;;;;. The highest BCUT2D eigenvalue weighted by molar-refractivity contribution is 6.20. The van der Waals surface area contributed by atoms with Crippen LogP contribution in [0.15, 0.2) is 292 Å². The summed E-state index contributed by atoms with van der Waals surface area (Å²) >= 11 is 0. The lowest BCUT2D eigenvalue weighted by Crippen LogP contribution is -2.72. The Balaban J connectivity index is 0.000000156. The van der Waals surface area contributed by atoms with Crippen LogP contribution >= 0.6 is 0 Å². The molecule has 14 aliphatic rings. The van der Waals surface area contributed by atoms with Crippen LogP contribution in [0.3, 0.4) is 0 Å². The van der Waals surface area contributed by atoms with Crippen LogP contribution in [0, 0.1) is 0 Å². The molecule has 672 valence electrons. The molecule has 0 amide bonds. The molecule has 29 rings (SSSR count). The van der Waals surface area contributed by atoms with E-state index in [1.807, 2.05) is 208 Å². The Morgan fingerprint density at radius 2 is 0.557 bits per heavy atom. The lowest BCUT2D eigenvalue weighted by Gasteiger charge is -2.30. The number of aromatic nitrogens is 3. The van der Waals surface area contributed by atoms with Crippen molar-refractivity contribution >= 4 is 55.9 Å². The van der Waals surface area contributed by atoms with Crippen molar-refractivity contribution in [3.8, 4) is 44.8 Å². The zero-order chi connectivity index (χ0) is 94.8. The first-order valence-electron chi connectivity index (χ1n) is 51.2. The number of para-hydroxylation sites is 3. The minimum atomic E-state index is -0.380. The summed E-state index contributed by atoms with van der Waals surface area (Å²) in [4.78, 5) is 0. The molecule has 0 saturated heterocycles. The van der Waals surface area contributed by atoms with Crippen LogP contribution in [0.5, 0.6) is 0 Å². The quantitative estimate of drug-likeness (QED) is 0.107. The molecule has 3 aromatic heterocycles. The lowest BCUT2D eigenvalue weighted by atomic mass is 9.69. The minimum Gasteiger partial charge on any atom is -0.126 e. The molecule has 6 nitrogen and oxygen atoms in total. The average molecular weight is 1730 g/mol. The first kappa shape index (κ1) is 97.7. The molecule has 0 fully saturated rings. The van der Waals surface area contributed by atoms with E-state index in [0.717, 1.165) is 25.7 Å². The third-order valence-corrected chi connectivity index (χ3v) is 26.4. The highest BCUT2D eigenvalue weighted by atomic mass is 15.4. The van der Waals surface area contributed by atoms with E-state index in [1.54, 1.807) is 0 Å². The van der Waals surface area contributed by atoms with E-state index < -0.39 is 0 Å². The molecule has 0 saturated carbocycles. The van der Waals surface area contributed by atoms with Crippen LogP contribution in [0.1, 0.15) is 331 Å². The summed E-state index contributed by atoms with van der Waals surface area (Å²) in [6.07, 6.45) is 10.9. The predicted molar refractivity (Wildman–Crippen MR) is 562 cm³/mol. The van der Waals surface area contributed by atoms with Crippen molar-refractivity contribution in [3.05, 3.63) is 403 Å². The van der Waals surface area contributed by atoms with E-state index >= 15 is 0 Å². The van der Waals surface area contributed by atoms with E-state index in [-0.39, 0.29) is 28.8 Å². The first-order chi connectivity index (χ1) is 65.1. The van der Waals surface area contributed by atoms with Gasteiger partial charge in [0, 0.05) is 70.6 Å². The van der Waals surface area contributed by atoms with Gasteiger partial charge in [-0.2, -0.15) is 0 Å². The Morgan fingerprint density at radius 3 is 1.05 bits per heavy atom. The summed E-state index contributed by atoms with van der Waals surface area (Å²) in [6.45, 7) is 60.0. The van der Waals surface area contributed by atoms with Crippen molar-refractivity contribution in [3.63, 3.8) is 0 Å². The van der Waals surface area contributed by atoms with E-state index in [4.69, 9.17) is 0 Å². The van der Waals surface area contributed by atoms with E-state index in [1.165, 1.54) is 212 Å². The number of fused-ring (bicyclic) bond motifs is 19. The van der Waals surface area contributed by atoms with E-state index in [9.17, 15) is 0 Å². The Labute approximate surface area is 787 Å². The Morgan fingerprint density at radius 1 is 0.214 bits per heavy atom. The van der Waals surface area contributed by atoms with Gasteiger partial charge < -0.3 is 0 Å². The molecule has 5 atom stereocenters. The normalized spacial score (nSPS) is 17.3. The first-order valence-corrected chi connectivity index (χ1v) is 51.2. The van der Waals surface area contributed by atoms with Crippen molar-refractivity contribution < 1.29 is 27.4 Å². The molecule has 0 N–H and O–H groups in total. The van der Waals surface area contributed by atoms with Gasteiger partial charge in [-0.3, -0.25) is 0 Å². The van der Waals surface area contributed by atoms with Gasteiger partial charge in [-0.1, -0.05) is 390 Å². The highest BCUT2D eigenvalue weighted by Crippen LogP contribution is 2.67. The average Bonchev–Trinajstić information content (AvgIpc) is 1.47. The van der Waals surface area contributed by atoms with Crippen LogP contribution < -0.4 is 13.7 Å². The summed E-state index contributed by atoms with van der Waals surface area (Å²) in [6, 6.07) is 103. The smallest absolute Gasteiger partial charge is 0.126 e. The fourth-order valence-electron chi connectivity index (χ4n) is 23.5. The van der Waals surface area contributed by atoms with Crippen molar-refractivity contribution in [1.82, 2.24) is 0 Å². The second-order valence-corrected chi connectivity index (χ2v) is 30.3. The predicted octanol–water partition coefficient (Wildman–Crippen LogP) is 32.1. The highest BCUT2D eigenvalue weighted by Gasteiger charge is 2.78. The van der Waals surface area contributed by atoms with Gasteiger partial charge in [-0.25, -0.2) is 0 Å². The molecule has 12 aromatic carbocycles. The fourth-order valence-corrected chi connectivity index (χ4v) is 23.5. The Hall–Kier alpha value is -12.4. The molecule has 9 aliphatic heterocycles. The minimum absolute atomic E-state index is 0.263. The molecule has 15 aromatic rings. The summed E-state index contributed by atoms with van der Waals surface area (Å²) in [5.41, 5.74) is 49.2. The largest absolute Gasteiger partial charge is 0.418 e. The Bertz CT molecular complexity index is 6820. The summed E-state index contributed by atoms with van der Waals surface area (Å²) in [5, 5.41) is 4.09. The molecule has 0 bridgehead atoms. The second-order valence-electron chi connectivity index (χ2n) is 30.3. The molecule has 12 heterocycles. The van der Waals surface area contributed by atoms with Gasteiger partial charge in [0.25, 0.3) is 0 Å². The number of hydrogen-bond acceptors (Lipinski definition) is 0. The van der Waals surface area contributed by atoms with Gasteiger partial charge in [-0.05, 0) is 134 Å². The van der Waals surface area contributed by atoms with Crippen molar-refractivity contribution in [2.24, 2.45) is 0 Å². The maximum absolute atomic E-state index is 2.79. The fraction of sp³-hybridized carbons (Fsp3) is 0.312. The van der Waals surface area contributed by atoms with Crippen molar-refractivity contribution in [2.75, 3.05) is 0 Å². The number of rotatable bonds is 0. The number of benzene rings is 12. The SMILES string of the molecule is CC.CC.CC.CC.CC.CC.CC.CC.CC.CC.CC.CC.CC.CC.CC.c1cc2c3c(c1)-c1cccc[n+]1C31c3c(ccc4ccc5ccc[n+]1c5c34)C2.c1ccc2c(c1)-c1ccc3c4c1C1=[N+](c5ccccc5C12)C41c2c(cccc2-c2cccc[n+]21)C3.c1ccc2c(c1)CC1=[N+]2C23c4c(cccc41)Cc1ccc4c(c12)C1=[N+]3c2ccccc2C1c1ccccc1-4. The van der Waals surface area contributed by atoms with Gasteiger partial charge in [0.2, 0.25) is 51.1 Å². The number of nitrogens with zero attached hydrogens (tertiary/aromatic N) is 6. The van der Waals surface area contributed by atoms with E-state index in [0.29, 0.717) is 0 Å². The Kier molecular flexibility index (Phi) is 31.2. The molecule has 6 heteroatoms. The lowest BCUT2D eigenvalue weighted by molar-refractivity contribution is -0.950. The molecule has 3 spiro atoms. The van der Waals surface area contributed by atoms with Crippen LogP contribution in [0.2, 0.25) is 0 Å². The van der Waals surface area contributed by atoms with Gasteiger partial charge in [0.05, 0.1) is 39.6 Å². The van der Waals surface area contributed by atoms with Crippen LogP contribution in [-0.4, -0.2) is 30.9 Å². The number of pyridine rings is 3. The third kappa shape index (κ3) is 13.2. The second kappa shape index (κ2) is 41.8. The van der Waals surface area contributed by atoms with Crippen molar-refractivity contribution in [2.45, 2.75) is 262 Å². The van der Waals surface area contributed by atoms with Gasteiger partial charge in [0.1, 0.15) is 45.2 Å². The van der Waals surface area contributed by atoms with Crippen LogP contribution in [0.4, 0.5) is 17.1 Å². The summed E-state index contributed by atoms with van der Waals surface area (Å²) in [5.74, 6) is 0.532. The maximum Gasteiger partial charge on any atom is 0.418 e. The molecule has 5 unspecified atom stereocenters. The molecule has 5 aliphatic carbocycles. The van der Waals surface area contributed by atoms with Crippen molar-refractivity contribution in [1.29, 1.82) is 0 Å². The topological polar surface area (TPSA) is 20.7 Å². The molecule has 0 radical (unpaired) electrons. The van der Waals surface area contributed by atoms with E-state index in [2.05, 4.69) is 319 Å². The van der Waals surface area contributed by atoms with Gasteiger partial charge in [-0.15, -0.1) is 27.4 Å². The monoisotopic (exact) mass is 1730 g/mol.